The maximum Gasteiger partial charge on any atom is 0.156 e. The predicted octanol–water partition coefficient (Wildman–Crippen LogP) is 5.87. The lowest BCUT2D eigenvalue weighted by molar-refractivity contribution is 0.159. The van der Waals surface area contributed by atoms with E-state index in [1.807, 2.05) is 6.92 Å². The summed E-state index contributed by atoms with van der Waals surface area (Å²) >= 11 is 23.3. The van der Waals surface area contributed by atoms with Crippen LogP contribution in [-0.2, 0) is 4.84 Å². The number of unbranched alkanes of at least 4 members (excludes halogenated alkanes) is 1. The Kier molecular flexibility index (Phi) is 10.3. The molecule has 0 aliphatic heterocycles. The van der Waals surface area contributed by atoms with Gasteiger partial charge in [-0.05, 0) is 25.8 Å². The number of hydrogen-bond donors (Lipinski definition) is 0. The van der Waals surface area contributed by atoms with Crippen LogP contribution in [0.4, 0.5) is 0 Å². The first kappa shape index (κ1) is 20.2. The molecular weight excluding hydrogens is 384 g/mol. The first-order valence-electron chi connectivity index (χ1n) is 6.94. The average Bonchev–Trinajstić information content (AvgIpc) is 2.48. The third-order valence-electron chi connectivity index (χ3n) is 2.46. The quantitative estimate of drug-likeness (QED) is 0.280. The SMILES string of the molecule is CCO/N=C/CCCOc1c(Cl)cc(OCC=C(Cl)Cl)cc1Cl. The summed E-state index contributed by atoms with van der Waals surface area (Å²) in [6, 6.07) is 3.24. The summed E-state index contributed by atoms with van der Waals surface area (Å²) in [5.74, 6) is 0.926. The van der Waals surface area contributed by atoms with Crippen LogP contribution in [0, 0.1) is 0 Å². The lowest BCUT2D eigenvalue weighted by Gasteiger charge is -2.11. The van der Waals surface area contributed by atoms with Crippen molar-refractivity contribution in [3.8, 4) is 11.5 Å². The van der Waals surface area contributed by atoms with Gasteiger partial charge in [0.2, 0.25) is 0 Å². The van der Waals surface area contributed by atoms with Gasteiger partial charge >= 0.3 is 0 Å². The van der Waals surface area contributed by atoms with Crippen LogP contribution in [0.3, 0.4) is 0 Å². The molecule has 0 spiro atoms. The van der Waals surface area contributed by atoms with E-state index in [0.29, 0.717) is 34.8 Å². The molecule has 0 aliphatic rings. The molecule has 0 saturated heterocycles. The van der Waals surface area contributed by atoms with Gasteiger partial charge < -0.3 is 14.3 Å². The average molecular weight is 401 g/mol. The largest absolute Gasteiger partial charge is 0.490 e. The molecule has 128 valence electrons. The van der Waals surface area contributed by atoms with E-state index in [1.165, 1.54) is 6.08 Å². The second-order valence-corrected chi connectivity index (χ2v) is 6.04. The molecule has 0 heterocycles. The molecule has 4 nitrogen and oxygen atoms in total. The smallest absolute Gasteiger partial charge is 0.156 e. The second kappa shape index (κ2) is 11.7. The van der Waals surface area contributed by atoms with Gasteiger partial charge in [-0.2, -0.15) is 0 Å². The molecule has 0 aliphatic carbocycles. The van der Waals surface area contributed by atoms with Crippen molar-refractivity contribution in [2.24, 2.45) is 5.16 Å². The highest BCUT2D eigenvalue weighted by molar-refractivity contribution is 6.55. The Balaban J connectivity index is 2.48. The third kappa shape index (κ3) is 8.56. The molecule has 23 heavy (non-hydrogen) atoms. The molecule has 0 amide bonds. The van der Waals surface area contributed by atoms with Crippen LogP contribution in [0.2, 0.25) is 10.0 Å². The zero-order chi connectivity index (χ0) is 17.1. The first-order valence-corrected chi connectivity index (χ1v) is 8.45. The lowest BCUT2D eigenvalue weighted by atomic mass is 10.3. The maximum atomic E-state index is 6.15. The van der Waals surface area contributed by atoms with Crippen molar-refractivity contribution in [3.05, 3.63) is 32.7 Å². The standard InChI is InChI=1S/C15H17Cl4NO3/c1-2-23-20-6-3-4-7-22-15-12(16)9-11(10-13(15)17)21-8-5-14(18)19/h5-6,9-10H,2-4,7-8H2,1H3/b20-6+. The molecule has 1 aromatic carbocycles. The Morgan fingerprint density at radius 1 is 1.17 bits per heavy atom. The van der Waals surface area contributed by atoms with Gasteiger partial charge in [0.1, 0.15) is 23.5 Å². The van der Waals surface area contributed by atoms with Gasteiger partial charge in [0, 0.05) is 18.3 Å². The zero-order valence-electron chi connectivity index (χ0n) is 12.5. The zero-order valence-corrected chi connectivity index (χ0v) is 15.6. The number of rotatable bonds is 10. The molecule has 0 atom stereocenters. The third-order valence-corrected chi connectivity index (χ3v) is 3.33. The van der Waals surface area contributed by atoms with Gasteiger partial charge in [0.25, 0.3) is 0 Å². The van der Waals surface area contributed by atoms with Gasteiger partial charge in [-0.25, -0.2) is 0 Å². The minimum atomic E-state index is 0.134. The summed E-state index contributed by atoms with van der Waals surface area (Å²) in [6.07, 6.45) is 4.71. The molecule has 0 saturated carbocycles. The van der Waals surface area contributed by atoms with Gasteiger partial charge in [-0.1, -0.05) is 51.6 Å². The van der Waals surface area contributed by atoms with Crippen molar-refractivity contribution >= 4 is 52.6 Å². The molecule has 1 rings (SSSR count). The van der Waals surface area contributed by atoms with E-state index in [2.05, 4.69) is 5.16 Å². The van der Waals surface area contributed by atoms with E-state index in [-0.39, 0.29) is 11.1 Å². The highest BCUT2D eigenvalue weighted by Crippen LogP contribution is 2.37. The fourth-order valence-electron chi connectivity index (χ4n) is 1.49. The van der Waals surface area contributed by atoms with Crippen LogP contribution in [0.1, 0.15) is 19.8 Å². The van der Waals surface area contributed by atoms with Gasteiger partial charge in [-0.3, -0.25) is 0 Å². The van der Waals surface area contributed by atoms with Crippen molar-refractivity contribution in [1.29, 1.82) is 0 Å². The van der Waals surface area contributed by atoms with E-state index in [1.54, 1.807) is 18.3 Å². The summed E-state index contributed by atoms with van der Waals surface area (Å²) in [5.41, 5.74) is 0. The summed E-state index contributed by atoms with van der Waals surface area (Å²) in [6.45, 7) is 3.11. The van der Waals surface area contributed by atoms with Crippen LogP contribution in [0.5, 0.6) is 11.5 Å². The molecule has 0 aromatic heterocycles. The molecule has 0 radical (unpaired) electrons. The Hall–Kier alpha value is -0.810. The van der Waals surface area contributed by atoms with Crippen molar-refractivity contribution in [1.82, 2.24) is 0 Å². The number of benzene rings is 1. The summed E-state index contributed by atoms with van der Waals surface area (Å²) < 4.78 is 11.1. The summed E-state index contributed by atoms with van der Waals surface area (Å²) in [5, 5.41) is 4.49. The van der Waals surface area contributed by atoms with Gasteiger partial charge in [-0.15, -0.1) is 0 Å². The Labute approximate surface area is 155 Å². The van der Waals surface area contributed by atoms with Crippen molar-refractivity contribution in [3.63, 3.8) is 0 Å². The monoisotopic (exact) mass is 399 g/mol. The Morgan fingerprint density at radius 3 is 2.48 bits per heavy atom. The van der Waals surface area contributed by atoms with E-state index >= 15 is 0 Å². The minimum absolute atomic E-state index is 0.134. The van der Waals surface area contributed by atoms with Crippen LogP contribution < -0.4 is 9.47 Å². The topological polar surface area (TPSA) is 40.0 Å². The normalized spacial score (nSPS) is 10.7. The number of oxime groups is 1. The fraction of sp³-hybridized carbons (Fsp3) is 0.400. The van der Waals surface area contributed by atoms with Crippen LogP contribution in [0.15, 0.2) is 27.9 Å². The molecule has 8 heteroatoms. The summed E-state index contributed by atoms with van der Waals surface area (Å²) in [7, 11) is 0. The molecule has 0 fully saturated rings. The Morgan fingerprint density at radius 2 is 1.87 bits per heavy atom. The van der Waals surface area contributed by atoms with Crippen LogP contribution in [0.25, 0.3) is 0 Å². The van der Waals surface area contributed by atoms with Crippen LogP contribution >= 0.6 is 46.4 Å². The van der Waals surface area contributed by atoms with E-state index in [4.69, 9.17) is 60.7 Å². The molecule has 0 unspecified atom stereocenters. The fourth-order valence-corrected chi connectivity index (χ4v) is 2.19. The lowest BCUT2D eigenvalue weighted by Crippen LogP contribution is -2.00. The van der Waals surface area contributed by atoms with Gasteiger partial charge in [0.15, 0.2) is 5.75 Å². The minimum Gasteiger partial charge on any atom is -0.490 e. The van der Waals surface area contributed by atoms with E-state index in [9.17, 15) is 0 Å². The Bertz CT molecular complexity index is 523. The molecule has 0 bridgehead atoms. The first-order chi connectivity index (χ1) is 11.0. The molecular formula is C15H17Cl4NO3. The van der Waals surface area contributed by atoms with E-state index < -0.39 is 0 Å². The number of nitrogens with zero attached hydrogens (tertiary/aromatic N) is 1. The van der Waals surface area contributed by atoms with Crippen molar-refractivity contribution in [2.45, 2.75) is 19.8 Å². The van der Waals surface area contributed by atoms with E-state index in [0.717, 1.165) is 12.8 Å². The van der Waals surface area contributed by atoms with Crippen molar-refractivity contribution < 1.29 is 14.3 Å². The highest BCUT2D eigenvalue weighted by atomic mass is 35.5. The number of ether oxygens (including phenoxy) is 2. The second-order valence-electron chi connectivity index (χ2n) is 4.22. The van der Waals surface area contributed by atoms with Crippen LogP contribution in [-0.4, -0.2) is 26.0 Å². The predicted molar refractivity (Wildman–Crippen MR) is 96.6 cm³/mol. The van der Waals surface area contributed by atoms with Gasteiger partial charge in [0.05, 0.1) is 16.7 Å². The number of halogens is 4. The van der Waals surface area contributed by atoms with Crippen molar-refractivity contribution in [2.75, 3.05) is 19.8 Å². The maximum absolute atomic E-state index is 6.15. The number of hydrogen-bond acceptors (Lipinski definition) is 4. The summed E-state index contributed by atoms with van der Waals surface area (Å²) in [4.78, 5) is 4.85. The highest BCUT2D eigenvalue weighted by Gasteiger charge is 2.10. The molecule has 1 aromatic rings. The molecule has 0 N–H and O–H groups in total.